The van der Waals surface area contributed by atoms with Gasteiger partial charge in [-0.25, -0.2) is 0 Å². The maximum absolute atomic E-state index is 12.5. The molecule has 1 aromatic carbocycles. The summed E-state index contributed by atoms with van der Waals surface area (Å²) in [5.74, 6) is 0.326. The molecule has 1 aliphatic rings. The van der Waals surface area contributed by atoms with Crippen molar-refractivity contribution < 1.29 is 4.79 Å². The monoisotopic (exact) mass is 380 g/mol. The Morgan fingerprint density at radius 2 is 1.77 bits per heavy atom. The van der Waals surface area contributed by atoms with Gasteiger partial charge < -0.3 is 15.1 Å². The van der Waals surface area contributed by atoms with Crippen LogP contribution in [0.4, 0.5) is 5.69 Å². The lowest BCUT2D eigenvalue weighted by atomic mass is 9.94. The number of halogens is 1. The first kappa shape index (κ1) is 21.0. The van der Waals surface area contributed by atoms with Gasteiger partial charge in [0.05, 0.1) is 11.5 Å². The molecule has 1 aromatic rings. The second-order valence-electron chi connectivity index (χ2n) is 8.07. The SMILES string of the molecule is CN1CCN([C@H](CNC(=O)C(C)(C)CCl)c2ccc(N(C)C)cc2)CC1. The number of nitrogens with one attached hydrogen (secondary N) is 1. The van der Waals surface area contributed by atoms with E-state index in [1.807, 2.05) is 27.9 Å². The van der Waals surface area contributed by atoms with Crippen LogP contribution in [-0.2, 0) is 4.79 Å². The fourth-order valence-corrected chi connectivity index (χ4v) is 3.20. The van der Waals surface area contributed by atoms with E-state index in [9.17, 15) is 4.79 Å². The lowest BCUT2D eigenvalue weighted by Gasteiger charge is -2.38. The van der Waals surface area contributed by atoms with Gasteiger partial charge >= 0.3 is 0 Å². The molecule has 5 nitrogen and oxygen atoms in total. The molecule has 0 aromatic heterocycles. The largest absolute Gasteiger partial charge is 0.378 e. The zero-order chi connectivity index (χ0) is 19.3. The summed E-state index contributed by atoms with van der Waals surface area (Å²) in [6.45, 7) is 8.47. The Labute approximate surface area is 163 Å². The zero-order valence-electron chi connectivity index (χ0n) is 16.8. The van der Waals surface area contributed by atoms with E-state index in [2.05, 4.69) is 51.3 Å². The number of carbonyl (C=O) groups is 1. The van der Waals surface area contributed by atoms with Gasteiger partial charge in [-0.05, 0) is 38.6 Å². The molecule has 0 aliphatic carbocycles. The lowest BCUT2D eigenvalue weighted by Crippen LogP contribution is -2.49. The third kappa shape index (κ3) is 5.35. The number of hydrogen-bond acceptors (Lipinski definition) is 4. The first-order valence-electron chi connectivity index (χ1n) is 9.29. The highest BCUT2D eigenvalue weighted by Gasteiger charge is 2.29. The maximum Gasteiger partial charge on any atom is 0.226 e. The lowest BCUT2D eigenvalue weighted by molar-refractivity contribution is -0.128. The van der Waals surface area contributed by atoms with Gasteiger partial charge in [-0.2, -0.15) is 0 Å². The molecule has 1 amide bonds. The normalized spacial score (nSPS) is 17.8. The zero-order valence-corrected chi connectivity index (χ0v) is 17.5. The van der Waals surface area contributed by atoms with Crippen molar-refractivity contribution in [2.75, 3.05) is 64.6 Å². The van der Waals surface area contributed by atoms with Gasteiger partial charge in [-0.15, -0.1) is 11.6 Å². The van der Waals surface area contributed by atoms with Crippen LogP contribution in [0.15, 0.2) is 24.3 Å². The van der Waals surface area contributed by atoms with Gasteiger partial charge in [0.2, 0.25) is 5.91 Å². The number of anilines is 1. The maximum atomic E-state index is 12.5. The van der Waals surface area contributed by atoms with Crippen LogP contribution in [0.25, 0.3) is 0 Å². The van der Waals surface area contributed by atoms with Crippen molar-refractivity contribution in [3.8, 4) is 0 Å². The Kier molecular flexibility index (Phi) is 7.33. The predicted molar refractivity (Wildman–Crippen MR) is 110 cm³/mol. The van der Waals surface area contributed by atoms with E-state index in [0.29, 0.717) is 12.4 Å². The second kappa shape index (κ2) is 9.07. The number of rotatable bonds is 7. The molecule has 26 heavy (non-hydrogen) atoms. The van der Waals surface area contributed by atoms with Gasteiger partial charge in [0.25, 0.3) is 0 Å². The first-order chi connectivity index (χ1) is 12.2. The Morgan fingerprint density at radius 3 is 2.27 bits per heavy atom. The molecule has 0 saturated carbocycles. The predicted octanol–water partition coefficient (Wildman–Crippen LogP) is 2.42. The summed E-state index contributed by atoms with van der Waals surface area (Å²) >= 11 is 5.95. The molecule has 0 spiro atoms. The van der Waals surface area contributed by atoms with Gasteiger partial charge in [-0.1, -0.05) is 12.1 Å². The average molecular weight is 381 g/mol. The summed E-state index contributed by atoms with van der Waals surface area (Å²) in [4.78, 5) is 19.4. The molecule has 2 rings (SSSR count). The van der Waals surface area contributed by atoms with Gasteiger partial charge in [0.1, 0.15) is 0 Å². The fourth-order valence-electron chi connectivity index (χ4n) is 3.08. The van der Waals surface area contributed by atoms with Gasteiger partial charge in [0.15, 0.2) is 0 Å². The van der Waals surface area contributed by atoms with Gasteiger partial charge in [-0.3, -0.25) is 9.69 Å². The summed E-state index contributed by atoms with van der Waals surface area (Å²) < 4.78 is 0. The van der Waals surface area contributed by atoms with E-state index in [1.165, 1.54) is 11.3 Å². The Bertz CT molecular complexity index is 580. The fraction of sp³-hybridized carbons (Fsp3) is 0.650. The van der Waals surface area contributed by atoms with E-state index in [0.717, 1.165) is 26.2 Å². The minimum atomic E-state index is -0.553. The molecule has 146 valence electrons. The van der Waals surface area contributed by atoms with Crippen LogP contribution in [0.3, 0.4) is 0 Å². The molecule has 1 saturated heterocycles. The van der Waals surface area contributed by atoms with E-state index < -0.39 is 5.41 Å². The Hall–Kier alpha value is -1.30. The molecular weight excluding hydrogens is 348 g/mol. The van der Waals surface area contributed by atoms with Crippen molar-refractivity contribution in [1.82, 2.24) is 15.1 Å². The third-order valence-corrected chi connectivity index (χ3v) is 5.85. The quantitative estimate of drug-likeness (QED) is 0.737. The highest BCUT2D eigenvalue weighted by molar-refractivity contribution is 6.19. The van der Waals surface area contributed by atoms with Crippen LogP contribution in [0, 0.1) is 5.41 Å². The summed E-state index contributed by atoms with van der Waals surface area (Å²) in [6, 6.07) is 8.81. The number of benzene rings is 1. The number of carbonyl (C=O) groups excluding carboxylic acids is 1. The van der Waals surface area contributed by atoms with Crippen molar-refractivity contribution in [3.05, 3.63) is 29.8 Å². The van der Waals surface area contributed by atoms with Crippen LogP contribution >= 0.6 is 11.6 Å². The number of amides is 1. The van der Waals surface area contributed by atoms with Crippen molar-refractivity contribution in [2.24, 2.45) is 5.41 Å². The molecule has 0 bridgehead atoms. The summed E-state index contributed by atoms with van der Waals surface area (Å²) in [6.07, 6.45) is 0. The molecule has 1 heterocycles. The van der Waals surface area contributed by atoms with Crippen LogP contribution in [0.2, 0.25) is 0 Å². The number of nitrogens with zero attached hydrogens (tertiary/aromatic N) is 3. The minimum Gasteiger partial charge on any atom is -0.378 e. The molecule has 0 radical (unpaired) electrons. The third-order valence-electron chi connectivity index (χ3n) is 5.18. The van der Waals surface area contributed by atoms with Crippen LogP contribution in [-0.4, -0.2) is 75.5 Å². The smallest absolute Gasteiger partial charge is 0.226 e. The van der Waals surface area contributed by atoms with Gasteiger partial charge in [0, 0.05) is 58.4 Å². The molecule has 1 aliphatic heterocycles. The highest BCUT2D eigenvalue weighted by Crippen LogP contribution is 2.25. The van der Waals surface area contributed by atoms with Crippen LogP contribution in [0.1, 0.15) is 25.5 Å². The molecule has 6 heteroatoms. The number of alkyl halides is 1. The average Bonchev–Trinajstić information content (AvgIpc) is 2.63. The van der Waals surface area contributed by atoms with E-state index in [4.69, 9.17) is 11.6 Å². The van der Waals surface area contributed by atoms with Crippen LogP contribution < -0.4 is 10.2 Å². The van der Waals surface area contributed by atoms with Crippen LogP contribution in [0.5, 0.6) is 0 Å². The number of piperazine rings is 1. The standard InChI is InChI=1S/C20H33ClN4O/c1-20(2,15-21)19(26)22-14-18(25-12-10-24(5)11-13-25)16-6-8-17(9-7-16)23(3)4/h6-9,18H,10-15H2,1-5H3,(H,22,26)/t18-/m1/s1. The van der Waals surface area contributed by atoms with Crippen molar-refractivity contribution in [3.63, 3.8) is 0 Å². The molecule has 1 fully saturated rings. The first-order valence-corrected chi connectivity index (χ1v) is 9.82. The van der Waals surface area contributed by atoms with E-state index in [1.54, 1.807) is 0 Å². The second-order valence-corrected chi connectivity index (χ2v) is 8.34. The summed E-state index contributed by atoms with van der Waals surface area (Å²) in [5, 5.41) is 3.13. The Morgan fingerprint density at radius 1 is 1.19 bits per heavy atom. The van der Waals surface area contributed by atoms with E-state index >= 15 is 0 Å². The number of likely N-dealkylation sites (N-methyl/N-ethyl adjacent to an activating group) is 1. The highest BCUT2D eigenvalue weighted by atomic mass is 35.5. The van der Waals surface area contributed by atoms with Crippen molar-refractivity contribution in [2.45, 2.75) is 19.9 Å². The Balaban J connectivity index is 2.15. The minimum absolute atomic E-state index is 0.0107. The number of hydrogen-bond donors (Lipinski definition) is 1. The molecular formula is C20H33ClN4O. The molecule has 1 N–H and O–H groups in total. The van der Waals surface area contributed by atoms with Crippen molar-refractivity contribution >= 4 is 23.2 Å². The topological polar surface area (TPSA) is 38.8 Å². The summed E-state index contributed by atoms with van der Waals surface area (Å²) in [7, 11) is 6.24. The molecule has 1 atom stereocenters. The summed E-state index contributed by atoms with van der Waals surface area (Å²) in [5.41, 5.74) is 1.87. The van der Waals surface area contributed by atoms with E-state index in [-0.39, 0.29) is 11.9 Å². The van der Waals surface area contributed by atoms with Crippen molar-refractivity contribution in [1.29, 1.82) is 0 Å². The molecule has 0 unspecified atom stereocenters.